The number of ether oxygens (including phenoxy) is 1. The van der Waals surface area contributed by atoms with Crippen LogP contribution in [0.4, 0.5) is 0 Å². The topological polar surface area (TPSA) is 66.8 Å². The summed E-state index contributed by atoms with van der Waals surface area (Å²) in [6, 6.07) is 6.76. The maximum atomic E-state index is 12.3. The maximum absolute atomic E-state index is 12.3. The van der Waals surface area contributed by atoms with Gasteiger partial charge in [0.05, 0.1) is 13.0 Å². The Kier molecular flexibility index (Phi) is 5.41. The standard InChI is InChI=1S/C17H23NO4/c1-12(2)11-22-14-7-5-13(6-8-14)10-16(19)18-9-3-4-15(18)17(20)21/h5-8,12,15H,3-4,9-11H2,1-2H3,(H,20,21). The Morgan fingerprint density at radius 3 is 2.59 bits per heavy atom. The molecular weight excluding hydrogens is 282 g/mol. The number of carboxylic acid groups (broad SMARTS) is 1. The molecule has 1 amide bonds. The molecule has 1 aliphatic heterocycles. The molecule has 2 rings (SSSR count). The molecule has 1 unspecified atom stereocenters. The fourth-order valence-corrected chi connectivity index (χ4v) is 2.56. The molecule has 1 atom stereocenters. The van der Waals surface area contributed by atoms with E-state index in [0.29, 0.717) is 25.5 Å². The predicted octanol–water partition coefficient (Wildman–Crippen LogP) is 2.34. The summed E-state index contributed by atoms with van der Waals surface area (Å²) in [5.41, 5.74) is 0.873. The van der Waals surface area contributed by atoms with Crippen molar-refractivity contribution < 1.29 is 19.4 Å². The van der Waals surface area contributed by atoms with Gasteiger partial charge in [-0.3, -0.25) is 4.79 Å². The Hall–Kier alpha value is -2.04. The normalized spacial score (nSPS) is 17.8. The van der Waals surface area contributed by atoms with Crippen molar-refractivity contribution >= 4 is 11.9 Å². The molecule has 0 aromatic heterocycles. The Morgan fingerprint density at radius 1 is 1.32 bits per heavy atom. The van der Waals surface area contributed by atoms with E-state index in [2.05, 4.69) is 13.8 Å². The number of benzene rings is 1. The molecule has 1 saturated heterocycles. The zero-order valence-electron chi connectivity index (χ0n) is 13.1. The Morgan fingerprint density at radius 2 is 2.00 bits per heavy atom. The molecule has 5 nitrogen and oxygen atoms in total. The van der Waals surface area contributed by atoms with Gasteiger partial charge < -0.3 is 14.7 Å². The van der Waals surface area contributed by atoms with Crippen molar-refractivity contribution in [3.05, 3.63) is 29.8 Å². The molecule has 1 N–H and O–H groups in total. The molecular formula is C17H23NO4. The van der Waals surface area contributed by atoms with Gasteiger partial charge in [0.15, 0.2) is 0 Å². The SMILES string of the molecule is CC(C)COc1ccc(CC(=O)N2CCCC2C(=O)O)cc1. The lowest BCUT2D eigenvalue weighted by Gasteiger charge is -2.21. The van der Waals surface area contributed by atoms with Crippen molar-refractivity contribution in [3.63, 3.8) is 0 Å². The summed E-state index contributed by atoms with van der Waals surface area (Å²) in [6.07, 6.45) is 1.53. The third-order valence-corrected chi connectivity index (χ3v) is 3.72. The average molecular weight is 305 g/mol. The van der Waals surface area contributed by atoms with Crippen LogP contribution < -0.4 is 4.74 Å². The van der Waals surface area contributed by atoms with Crippen LogP contribution in [0.5, 0.6) is 5.75 Å². The van der Waals surface area contributed by atoms with Crippen molar-refractivity contribution in [2.75, 3.05) is 13.2 Å². The highest BCUT2D eigenvalue weighted by Crippen LogP contribution is 2.20. The fraction of sp³-hybridized carbons (Fsp3) is 0.529. The summed E-state index contributed by atoms with van der Waals surface area (Å²) >= 11 is 0. The van der Waals surface area contributed by atoms with Crippen LogP contribution in [-0.2, 0) is 16.0 Å². The highest BCUT2D eigenvalue weighted by atomic mass is 16.5. The van der Waals surface area contributed by atoms with Crippen LogP contribution in [0.3, 0.4) is 0 Å². The second kappa shape index (κ2) is 7.29. The van der Waals surface area contributed by atoms with Crippen LogP contribution in [-0.4, -0.2) is 41.1 Å². The summed E-state index contributed by atoms with van der Waals surface area (Å²) in [7, 11) is 0. The molecule has 1 aromatic rings. The van der Waals surface area contributed by atoms with Gasteiger partial charge in [0.2, 0.25) is 5.91 Å². The molecule has 1 aliphatic rings. The van der Waals surface area contributed by atoms with E-state index in [-0.39, 0.29) is 12.3 Å². The lowest BCUT2D eigenvalue weighted by atomic mass is 10.1. The number of carbonyl (C=O) groups is 2. The van der Waals surface area contributed by atoms with Gasteiger partial charge in [-0.2, -0.15) is 0 Å². The van der Waals surface area contributed by atoms with E-state index in [4.69, 9.17) is 9.84 Å². The Balaban J connectivity index is 1.93. The number of hydrogen-bond donors (Lipinski definition) is 1. The van der Waals surface area contributed by atoms with Crippen LogP contribution in [0, 0.1) is 5.92 Å². The Bertz CT molecular complexity index is 524. The number of hydrogen-bond acceptors (Lipinski definition) is 3. The van der Waals surface area contributed by atoms with Gasteiger partial charge in [-0.15, -0.1) is 0 Å². The summed E-state index contributed by atoms with van der Waals surface area (Å²) in [6.45, 7) is 5.36. The maximum Gasteiger partial charge on any atom is 0.326 e. The molecule has 1 heterocycles. The molecule has 0 spiro atoms. The number of carbonyl (C=O) groups excluding carboxylic acids is 1. The van der Waals surface area contributed by atoms with Crippen molar-refractivity contribution in [3.8, 4) is 5.75 Å². The first-order valence-electron chi connectivity index (χ1n) is 7.71. The predicted molar refractivity (Wildman–Crippen MR) is 82.8 cm³/mol. The second-order valence-electron chi connectivity index (χ2n) is 6.11. The molecule has 120 valence electrons. The summed E-state index contributed by atoms with van der Waals surface area (Å²) in [5.74, 6) is 0.211. The molecule has 1 aromatic carbocycles. The van der Waals surface area contributed by atoms with E-state index in [1.807, 2.05) is 24.3 Å². The molecule has 5 heteroatoms. The van der Waals surface area contributed by atoms with Crippen LogP contribution in [0.1, 0.15) is 32.3 Å². The largest absolute Gasteiger partial charge is 0.493 e. The van der Waals surface area contributed by atoms with Crippen LogP contribution in [0.15, 0.2) is 24.3 Å². The second-order valence-corrected chi connectivity index (χ2v) is 6.11. The number of rotatable bonds is 6. The highest BCUT2D eigenvalue weighted by Gasteiger charge is 2.33. The van der Waals surface area contributed by atoms with Gasteiger partial charge in [-0.05, 0) is 36.5 Å². The quantitative estimate of drug-likeness (QED) is 0.876. The number of likely N-dealkylation sites (tertiary alicyclic amines) is 1. The van der Waals surface area contributed by atoms with Crippen molar-refractivity contribution in [1.29, 1.82) is 0 Å². The van der Waals surface area contributed by atoms with Crippen LogP contribution in [0.2, 0.25) is 0 Å². The van der Waals surface area contributed by atoms with Crippen LogP contribution >= 0.6 is 0 Å². The molecule has 0 aliphatic carbocycles. The first-order chi connectivity index (χ1) is 10.5. The third kappa shape index (κ3) is 4.23. The van der Waals surface area contributed by atoms with Gasteiger partial charge >= 0.3 is 5.97 Å². The summed E-state index contributed by atoms with van der Waals surface area (Å²) in [4.78, 5) is 24.9. The van der Waals surface area contributed by atoms with E-state index >= 15 is 0 Å². The van der Waals surface area contributed by atoms with E-state index in [0.717, 1.165) is 17.7 Å². The van der Waals surface area contributed by atoms with E-state index in [1.54, 1.807) is 0 Å². The molecule has 0 saturated carbocycles. The fourth-order valence-electron chi connectivity index (χ4n) is 2.56. The van der Waals surface area contributed by atoms with E-state index in [9.17, 15) is 9.59 Å². The minimum absolute atomic E-state index is 0.124. The number of carboxylic acids is 1. The molecule has 1 fully saturated rings. The first-order valence-corrected chi connectivity index (χ1v) is 7.71. The minimum Gasteiger partial charge on any atom is -0.493 e. The van der Waals surface area contributed by atoms with E-state index in [1.165, 1.54) is 4.90 Å². The van der Waals surface area contributed by atoms with Gasteiger partial charge in [-0.1, -0.05) is 26.0 Å². The van der Waals surface area contributed by atoms with Crippen molar-refractivity contribution in [2.24, 2.45) is 5.92 Å². The van der Waals surface area contributed by atoms with Crippen molar-refractivity contribution in [1.82, 2.24) is 4.90 Å². The third-order valence-electron chi connectivity index (χ3n) is 3.72. The molecule has 22 heavy (non-hydrogen) atoms. The van der Waals surface area contributed by atoms with Gasteiger partial charge in [-0.25, -0.2) is 4.79 Å². The number of amides is 1. The number of nitrogens with zero attached hydrogens (tertiary/aromatic N) is 1. The smallest absolute Gasteiger partial charge is 0.326 e. The van der Waals surface area contributed by atoms with Crippen molar-refractivity contribution in [2.45, 2.75) is 39.2 Å². The van der Waals surface area contributed by atoms with Gasteiger partial charge in [0.1, 0.15) is 11.8 Å². The number of aliphatic carboxylic acids is 1. The summed E-state index contributed by atoms with van der Waals surface area (Å²) < 4.78 is 5.60. The molecule has 0 radical (unpaired) electrons. The Labute approximate surface area is 130 Å². The van der Waals surface area contributed by atoms with Gasteiger partial charge in [0, 0.05) is 6.54 Å². The summed E-state index contributed by atoms with van der Waals surface area (Å²) in [5, 5.41) is 9.13. The average Bonchev–Trinajstić information content (AvgIpc) is 2.96. The van der Waals surface area contributed by atoms with Crippen LogP contribution in [0.25, 0.3) is 0 Å². The lowest BCUT2D eigenvalue weighted by molar-refractivity contribution is -0.148. The first kappa shape index (κ1) is 16.3. The molecule has 0 bridgehead atoms. The lowest BCUT2D eigenvalue weighted by Crippen LogP contribution is -2.41. The van der Waals surface area contributed by atoms with E-state index < -0.39 is 12.0 Å². The zero-order chi connectivity index (χ0) is 16.1. The monoisotopic (exact) mass is 305 g/mol. The minimum atomic E-state index is -0.914. The highest BCUT2D eigenvalue weighted by molar-refractivity contribution is 5.85. The van der Waals surface area contributed by atoms with Gasteiger partial charge in [0.25, 0.3) is 0 Å². The zero-order valence-corrected chi connectivity index (χ0v) is 13.1.